The van der Waals surface area contributed by atoms with E-state index in [-0.39, 0.29) is 0 Å². The van der Waals surface area contributed by atoms with Crippen LogP contribution in [0.25, 0.3) is 54.6 Å². The van der Waals surface area contributed by atoms with E-state index in [1.54, 1.807) is 0 Å². The van der Waals surface area contributed by atoms with Gasteiger partial charge in [0, 0.05) is 21.9 Å². The molecule has 1 aromatic heterocycles. The van der Waals surface area contributed by atoms with Crippen molar-refractivity contribution in [2.24, 2.45) is 9.98 Å². The number of aliphatic imine (C=N–C) groups is 2. The number of hydrogen-bond acceptors (Lipinski definition) is 4. The van der Waals surface area contributed by atoms with Gasteiger partial charge in [-0.2, -0.15) is 0 Å². The summed E-state index contributed by atoms with van der Waals surface area (Å²) in [6.45, 7) is 0. The first-order valence-electron chi connectivity index (χ1n) is 15.2. The molecule has 0 spiro atoms. The van der Waals surface area contributed by atoms with Crippen molar-refractivity contribution in [3.63, 3.8) is 0 Å². The number of nitrogens with zero attached hydrogens (tertiary/aromatic N) is 2. The minimum atomic E-state index is -0.419. The molecule has 1 atom stereocenters. The molecule has 2 heterocycles. The summed E-state index contributed by atoms with van der Waals surface area (Å²) in [6.07, 6.45) is -0.419. The first kappa shape index (κ1) is 25.5. The van der Waals surface area contributed by atoms with Crippen molar-refractivity contribution in [1.82, 2.24) is 5.32 Å². The van der Waals surface area contributed by atoms with E-state index in [1.807, 2.05) is 36.4 Å². The van der Waals surface area contributed by atoms with E-state index in [4.69, 9.17) is 14.4 Å². The topological polar surface area (TPSA) is 49.9 Å². The third kappa shape index (κ3) is 4.38. The molecule has 0 saturated heterocycles. The summed E-state index contributed by atoms with van der Waals surface area (Å²) in [5.74, 6) is 1.56. The molecule has 0 amide bonds. The highest BCUT2D eigenvalue weighted by atomic mass is 16.3. The van der Waals surface area contributed by atoms with E-state index in [0.29, 0.717) is 0 Å². The molecular weight excluding hydrogens is 550 g/mol. The molecule has 0 saturated carbocycles. The Kier molecular flexibility index (Phi) is 5.85. The van der Waals surface area contributed by atoms with Crippen molar-refractivity contribution < 1.29 is 4.42 Å². The SMILES string of the molecule is c1ccc(C2=NC(c3ccc4ccc5ccccc5c4c3)N=C(c3cccc4oc5cc(-c6ccccc6)ccc5c34)N2)cc1. The third-order valence-corrected chi connectivity index (χ3v) is 8.72. The van der Waals surface area contributed by atoms with Gasteiger partial charge in [0.05, 0.1) is 0 Å². The monoisotopic (exact) mass is 577 g/mol. The second-order valence-electron chi connectivity index (χ2n) is 11.4. The Balaban J connectivity index is 1.22. The van der Waals surface area contributed by atoms with Crippen molar-refractivity contribution in [2.45, 2.75) is 6.17 Å². The van der Waals surface area contributed by atoms with Gasteiger partial charge >= 0.3 is 0 Å². The van der Waals surface area contributed by atoms with Crippen LogP contribution in [0, 0.1) is 0 Å². The van der Waals surface area contributed by atoms with E-state index in [2.05, 4.69) is 121 Å². The van der Waals surface area contributed by atoms with Crippen LogP contribution in [0.1, 0.15) is 22.9 Å². The number of furan rings is 1. The molecular formula is C41H27N3O. The lowest BCUT2D eigenvalue weighted by Gasteiger charge is -2.23. The van der Waals surface area contributed by atoms with Crippen molar-refractivity contribution in [3.8, 4) is 11.1 Å². The zero-order valence-electron chi connectivity index (χ0n) is 24.3. The summed E-state index contributed by atoms with van der Waals surface area (Å²) in [5.41, 5.74) is 7.01. The fraction of sp³-hybridized carbons (Fsp3) is 0.0244. The van der Waals surface area contributed by atoms with Gasteiger partial charge in [-0.25, -0.2) is 9.98 Å². The second-order valence-corrected chi connectivity index (χ2v) is 11.4. The van der Waals surface area contributed by atoms with Crippen LogP contribution in [0.5, 0.6) is 0 Å². The fourth-order valence-corrected chi connectivity index (χ4v) is 6.49. The fourth-order valence-electron chi connectivity index (χ4n) is 6.49. The Labute approximate surface area is 260 Å². The lowest BCUT2D eigenvalue weighted by atomic mass is 9.98. The van der Waals surface area contributed by atoms with E-state index in [1.165, 1.54) is 21.5 Å². The average molecular weight is 578 g/mol. The van der Waals surface area contributed by atoms with Crippen LogP contribution in [0.15, 0.2) is 166 Å². The highest BCUT2D eigenvalue weighted by Gasteiger charge is 2.24. The molecule has 1 aliphatic heterocycles. The van der Waals surface area contributed by atoms with Crippen molar-refractivity contribution in [2.75, 3.05) is 0 Å². The number of rotatable bonds is 4. The van der Waals surface area contributed by atoms with Gasteiger partial charge in [-0.3, -0.25) is 0 Å². The van der Waals surface area contributed by atoms with E-state index in [9.17, 15) is 0 Å². The maximum atomic E-state index is 6.45. The number of amidine groups is 2. The van der Waals surface area contributed by atoms with Crippen LogP contribution < -0.4 is 5.32 Å². The standard InChI is InChI=1S/C41H27N3O/c1-3-10-26(11-4-1)30-22-23-33-37(25-30)45-36-17-9-16-34(38(33)36)41-43-39(29-13-5-2-6-14-29)42-40(44-41)31-21-20-28-19-18-27-12-7-8-15-32(27)35(28)24-31/h1-25,40H,(H,42,43,44). The molecule has 1 N–H and O–H groups in total. The van der Waals surface area contributed by atoms with Crippen molar-refractivity contribution in [3.05, 3.63) is 168 Å². The lowest BCUT2D eigenvalue weighted by Crippen LogP contribution is -2.36. The van der Waals surface area contributed by atoms with E-state index in [0.717, 1.165) is 61.4 Å². The Morgan fingerprint density at radius 3 is 2.02 bits per heavy atom. The Morgan fingerprint density at radius 1 is 0.467 bits per heavy atom. The van der Waals surface area contributed by atoms with Gasteiger partial charge in [0.1, 0.15) is 22.8 Å². The molecule has 9 rings (SSSR count). The Hall–Kier alpha value is -6.00. The van der Waals surface area contributed by atoms with Gasteiger partial charge in [0.25, 0.3) is 0 Å². The summed E-state index contributed by atoms with van der Waals surface area (Å²) >= 11 is 0. The number of benzene rings is 7. The lowest BCUT2D eigenvalue weighted by molar-refractivity contribution is 0.669. The molecule has 1 aliphatic rings. The van der Waals surface area contributed by atoms with Crippen LogP contribution >= 0.6 is 0 Å². The van der Waals surface area contributed by atoms with E-state index >= 15 is 0 Å². The summed E-state index contributed by atoms with van der Waals surface area (Å²) < 4.78 is 6.45. The quantitative estimate of drug-likeness (QED) is 0.212. The predicted octanol–water partition coefficient (Wildman–Crippen LogP) is 10.1. The molecule has 7 aromatic carbocycles. The zero-order chi connectivity index (χ0) is 29.7. The molecule has 1 unspecified atom stereocenters. The molecule has 8 aromatic rings. The third-order valence-electron chi connectivity index (χ3n) is 8.72. The van der Waals surface area contributed by atoms with Crippen LogP contribution in [-0.2, 0) is 0 Å². The molecule has 0 aliphatic carbocycles. The average Bonchev–Trinajstić information content (AvgIpc) is 3.50. The van der Waals surface area contributed by atoms with Crippen LogP contribution in [0.4, 0.5) is 0 Å². The number of fused-ring (bicyclic) bond motifs is 6. The number of nitrogens with one attached hydrogen (secondary N) is 1. The first-order chi connectivity index (χ1) is 22.3. The van der Waals surface area contributed by atoms with Crippen LogP contribution in [-0.4, -0.2) is 11.7 Å². The van der Waals surface area contributed by atoms with Gasteiger partial charge in [-0.15, -0.1) is 0 Å². The zero-order valence-corrected chi connectivity index (χ0v) is 24.3. The first-order valence-corrected chi connectivity index (χ1v) is 15.2. The second kappa shape index (κ2) is 10.3. The minimum Gasteiger partial charge on any atom is -0.456 e. The van der Waals surface area contributed by atoms with Gasteiger partial charge in [0.2, 0.25) is 0 Å². The summed E-state index contributed by atoms with van der Waals surface area (Å²) in [5, 5.41) is 10.5. The molecule has 0 fully saturated rings. The van der Waals surface area contributed by atoms with Crippen molar-refractivity contribution in [1.29, 1.82) is 0 Å². The Bertz CT molecular complexity index is 2460. The minimum absolute atomic E-state index is 0.419. The molecule has 0 radical (unpaired) electrons. The molecule has 212 valence electrons. The van der Waals surface area contributed by atoms with Gasteiger partial charge in [-0.1, -0.05) is 127 Å². The van der Waals surface area contributed by atoms with Gasteiger partial charge in [-0.05, 0) is 62.5 Å². The molecule has 45 heavy (non-hydrogen) atoms. The molecule has 4 heteroatoms. The van der Waals surface area contributed by atoms with Crippen LogP contribution in [0.2, 0.25) is 0 Å². The smallest absolute Gasteiger partial charge is 0.169 e. The van der Waals surface area contributed by atoms with Crippen molar-refractivity contribution >= 4 is 55.2 Å². The largest absolute Gasteiger partial charge is 0.456 e. The highest BCUT2D eigenvalue weighted by molar-refractivity contribution is 6.23. The van der Waals surface area contributed by atoms with Gasteiger partial charge in [0.15, 0.2) is 6.17 Å². The van der Waals surface area contributed by atoms with E-state index < -0.39 is 6.17 Å². The van der Waals surface area contributed by atoms with Crippen LogP contribution in [0.3, 0.4) is 0 Å². The maximum absolute atomic E-state index is 6.45. The predicted molar refractivity (Wildman–Crippen MR) is 186 cm³/mol. The highest BCUT2D eigenvalue weighted by Crippen LogP contribution is 2.36. The molecule has 0 bridgehead atoms. The number of hydrogen-bond donors (Lipinski definition) is 1. The van der Waals surface area contributed by atoms with Gasteiger partial charge < -0.3 is 9.73 Å². The summed E-state index contributed by atoms with van der Waals surface area (Å²) in [6, 6.07) is 52.8. The Morgan fingerprint density at radius 2 is 1.18 bits per heavy atom. The summed E-state index contributed by atoms with van der Waals surface area (Å²) in [4.78, 5) is 10.4. The summed E-state index contributed by atoms with van der Waals surface area (Å²) in [7, 11) is 0. The normalized spacial score (nSPS) is 14.9. The molecule has 4 nitrogen and oxygen atoms in total. The maximum Gasteiger partial charge on any atom is 0.169 e.